The molecule has 0 aliphatic rings. The van der Waals surface area contributed by atoms with E-state index < -0.39 is 6.04 Å². The van der Waals surface area contributed by atoms with Crippen molar-refractivity contribution in [3.63, 3.8) is 0 Å². The van der Waals surface area contributed by atoms with E-state index in [-0.39, 0.29) is 24.3 Å². The molecule has 7 nitrogen and oxygen atoms in total. The average molecular weight is 457 g/mol. The highest BCUT2D eigenvalue weighted by molar-refractivity contribution is 5.87. The third-order valence-corrected chi connectivity index (χ3v) is 5.40. The Kier molecular flexibility index (Phi) is 10.0. The predicted octanol–water partition coefficient (Wildman–Crippen LogP) is 3.98. The number of nitrogens with one attached hydrogen (secondary N) is 1. The van der Waals surface area contributed by atoms with Crippen LogP contribution in [-0.4, -0.2) is 50.1 Å². The summed E-state index contributed by atoms with van der Waals surface area (Å²) in [7, 11) is 4.79. The van der Waals surface area contributed by atoms with Gasteiger partial charge in [0.2, 0.25) is 11.8 Å². The maximum atomic E-state index is 13.4. The highest BCUT2D eigenvalue weighted by Gasteiger charge is 2.28. The number of aryl methyl sites for hydroxylation is 1. The minimum Gasteiger partial charge on any atom is -0.497 e. The fourth-order valence-electron chi connectivity index (χ4n) is 3.66. The van der Waals surface area contributed by atoms with Crippen LogP contribution in [0.2, 0.25) is 0 Å². The van der Waals surface area contributed by atoms with Gasteiger partial charge < -0.3 is 24.4 Å². The highest BCUT2D eigenvalue weighted by Crippen LogP contribution is 2.28. The van der Waals surface area contributed by atoms with Gasteiger partial charge in [0, 0.05) is 19.0 Å². The van der Waals surface area contributed by atoms with E-state index in [0.717, 1.165) is 16.9 Å². The van der Waals surface area contributed by atoms with Crippen LogP contribution >= 0.6 is 0 Å². The zero-order valence-corrected chi connectivity index (χ0v) is 20.5. The molecule has 0 saturated carbocycles. The quantitative estimate of drug-likeness (QED) is 0.523. The van der Waals surface area contributed by atoms with E-state index in [1.165, 1.54) is 0 Å². The van der Waals surface area contributed by atoms with Crippen molar-refractivity contribution in [1.82, 2.24) is 10.2 Å². The van der Waals surface area contributed by atoms with Crippen LogP contribution < -0.4 is 19.5 Å². The Hall–Kier alpha value is -3.22. The minimum absolute atomic E-state index is 0.00347. The number of carbonyl (C=O) groups excluding carboxylic acids is 2. The van der Waals surface area contributed by atoms with Crippen LogP contribution in [0, 0.1) is 0 Å². The van der Waals surface area contributed by atoms with Crippen molar-refractivity contribution in [2.45, 2.75) is 58.7 Å². The fourth-order valence-corrected chi connectivity index (χ4v) is 3.66. The maximum Gasteiger partial charge on any atom is 0.243 e. The third kappa shape index (κ3) is 7.41. The van der Waals surface area contributed by atoms with Gasteiger partial charge in [-0.05, 0) is 62.1 Å². The molecule has 180 valence electrons. The summed E-state index contributed by atoms with van der Waals surface area (Å²) in [5.41, 5.74) is 1.90. The normalized spacial score (nSPS) is 11.6. The van der Waals surface area contributed by atoms with Crippen LogP contribution in [0.3, 0.4) is 0 Å². The van der Waals surface area contributed by atoms with Crippen molar-refractivity contribution < 1.29 is 23.8 Å². The van der Waals surface area contributed by atoms with Crippen LogP contribution in [0.5, 0.6) is 17.2 Å². The molecule has 33 heavy (non-hydrogen) atoms. The van der Waals surface area contributed by atoms with Gasteiger partial charge in [-0.2, -0.15) is 0 Å². The number of hydrogen-bond acceptors (Lipinski definition) is 5. The first-order chi connectivity index (χ1) is 15.8. The van der Waals surface area contributed by atoms with Gasteiger partial charge >= 0.3 is 0 Å². The molecule has 0 fully saturated rings. The number of ether oxygens (including phenoxy) is 3. The molecule has 1 atom stereocenters. The molecule has 0 spiro atoms. The molecule has 2 rings (SSSR count). The van der Waals surface area contributed by atoms with Crippen molar-refractivity contribution >= 4 is 11.8 Å². The Morgan fingerprint density at radius 2 is 1.55 bits per heavy atom. The summed E-state index contributed by atoms with van der Waals surface area (Å²) in [5.74, 6) is 1.80. The van der Waals surface area contributed by atoms with Crippen molar-refractivity contribution in [1.29, 1.82) is 0 Å². The Morgan fingerprint density at radius 1 is 0.909 bits per heavy atom. The van der Waals surface area contributed by atoms with Gasteiger partial charge in [-0.1, -0.05) is 25.1 Å². The molecular formula is C26H36N2O5. The van der Waals surface area contributed by atoms with E-state index in [1.807, 2.05) is 63.2 Å². The van der Waals surface area contributed by atoms with Crippen LogP contribution in [0.1, 0.15) is 44.7 Å². The second-order valence-electron chi connectivity index (χ2n) is 8.15. The summed E-state index contributed by atoms with van der Waals surface area (Å²) in [5, 5.41) is 2.95. The molecule has 0 unspecified atom stereocenters. The lowest BCUT2D eigenvalue weighted by Crippen LogP contribution is -2.50. The first-order valence-corrected chi connectivity index (χ1v) is 11.3. The molecular weight excluding hydrogens is 420 g/mol. The van der Waals surface area contributed by atoms with Gasteiger partial charge in [-0.15, -0.1) is 0 Å². The summed E-state index contributed by atoms with van der Waals surface area (Å²) in [6.45, 7) is 6.10. The van der Waals surface area contributed by atoms with Gasteiger partial charge in [-0.25, -0.2) is 0 Å². The van der Waals surface area contributed by atoms with E-state index in [4.69, 9.17) is 14.2 Å². The zero-order chi connectivity index (χ0) is 24.4. The van der Waals surface area contributed by atoms with Crippen LogP contribution in [0.25, 0.3) is 0 Å². The molecule has 1 N–H and O–H groups in total. The second-order valence-corrected chi connectivity index (χ2v) is 8.15. The Bertz CT molecular complexity index is 911. The first kappa shape index (κ1) is 26.0. The minimum atomic E-state index is -0.549. The summed E-state index contributed by atoms with van der Waals surface area (Å²) in [6.07, 6.45) is 1.33. The van der Waals surface area contributed by atoms with Crippen LogP contribution in [-0.2, 0) is 22.6 Å². The molecule has 0 aliphatic carbocycles. The summed E-state index contributed by atoms with van der Waals surface area (Å²) < 4.78 is 15.9. The van der Waals surface area contributed by atoms with E-state index in [9.17, 15) is 9.59 Å². The largest absolute Gasteiger partial charge is 0.497 e. The number of rotatable bonds is 12. The van der Waals surface area contributed by atoms with E-state index in [0.29, 0.717) is 30.9 Å². The lowest BCUT2D eigenvalue weighted by Gasteiger charge is -2.31. The van der Waals surface area contributed by atoms with Crippen molar-refractivity contribution in [3.05, 3.63) is 53.6 Å². The summed E-state index contributed by atoms with van der Waals surface area (Å²) in [4.78, 5) is 28.0. The number of carbonyl (C=O) groups is 2. The highest BCUT2D eigenvalue weighted by atomic mass is 16.5. The SMILES string of the molecule is CC[C@@H](C(=O)NC(C)C)N(Cc1ccc(OC)cc1)C(=O)CCc1ccc(OC)c(OC)c1. The van der Waals surface area contributed by atoms with Crippen LogP contribution in [0.15, 0.2) is 42.5 Å². The molecule has 2 aromatic rings. The monoisotopic (exact) mass is 456 g/mol. The first-order valence-electron chi connectivity index (χ1n) is 11.3. The predicted molar refractivity (Wildman–Crippen MR) is 129 cm³/mol. The third-order valence-electron chi connectivity index (χ3n) is 5.40. The maximum absolute atomic E-state index is 13.4. The number of methoxy groups -OCH3 is 3. The van der Waals surface area contributed by atoms with Crippen LogP contribution in [0.4, 0.5) is 0 Å². The molecule has 0 aromatic heterocycles. The van der Waals surface area contributed by atoms with Gasteiger partial charge in [-0.3, -0.25) is 9.59 Å². The van der Waals surface area contributed by atoms with E-state index >= 15 is 0 Å². The molecule has 7 heteroatoms. The number of amides is 2. The topological polar surface area (TPSA) is 77.1 Å². The molecule has 0 radical (unpaired) electrons. The summed E-state index contributed by atoms with van der Waals surface area (Å²) in [6, 6.07) is 12.6. The Balaban J connectivity index is 2.23. The Labute approximate surface area is 197 Å². The average Bonchev–Trinajstić information content (AvgIpc) is 2.82. The second kappa shape index (κ2) is 12.7. The molecule has 0 saturated heterocycles. The zero-order valence-electron chi connectivity index (χ0n) is 20.5. The lowest BCUT2D eigenvalue weighted by atomic mass is 10.1. The van der Waals surface area contributed by atoms with E-state index in [1.54, 1.807) is 26.2 Å². The molecule has 0 heterocycles. The number of hydrogen-bond donors (Lipinski definition) is 1. The Morgan fingerprint density at radius 3 is 2.09 bits per heavy atom. The van der Waals surface area contributed by atoms with Gasteiger partial charge in [0.1, 0.15) is 11.8 Å². The molecule has 0 bridgehead atoms. The standard InChI is InChI=1S/C26H36N2O5/c1-7-22(26(30)27-18(2)3)28(17-20-8-12-21(31-4)13-9-20)25(29)15-11-19-10-14-23(32-5)24(16-19)33-6/h8-10,12-14,16,18,22H,7,11,15,17H2,1-6H3,(H,27,30)/t22-/m0/s1. The molecule has 2 amide bonds. The van der Waals surface area contributed by atoms with Crippen molar-refractivity contribution in [3.8, 4) is 17.2 Å². The number of benzene rings is 2. The van der Waals surface area contributed by atoms with Crippen molar-refractivity contribution in [2.75, 3.05) is 21.3 Å². The van der Waals surface area contributed by atoms with Gasteiger partial charge in [0.15, 0.2) is 11.5 Å². The lowest BCUT2D eigenvalue weighted by molar-refractivity contribution is -0.141. The van der Waals surface area contributed by atoms with Gasteiger partial charge in [0.25, 0.3) is 0 Å². The van der Waals surface area contributed by atoms with Gasteiger partial charge in [0.05, 0.1) is 21.3 Å². The smallest absolute Gasteiger partial charge is 0.243 e. The fraction of sp³-hybridized carbons (Fsp3) is 0.462. The molecule has 0 aliphatic heterocycles. The summed E-state index contributed by atoms with van der Waals surface area (Å²) >= 11 is 0. The van der Waals surface area contributed by atoms with Crippen molar-refractivity contribution in [2.24, 2.45) is 0 Å². The molecule has 2 aromatic carbocycles. The van der Waals surface area contributed by atoms with E-state index in [2.05, 4.69) is 5.32 Å². The number of nitrogens with zero attached hydrogens (tertiary/aromatic N) is 1.